The third kappa shape index (κ3) is 20.0. The van der Waals surface area contributed by atoms with E-state index in [1.165, 1.54) is 0 Å². The van der Waals surface area contributed by atoms with Crippen LogP contribution in [0.2, 0.25) is 0 Å². The molecule has 110 heavy (non-hydrogen) atoms. The molecule has 3 aromatic carbocycles. The molecule has 570 valence electrons. The Balaban J connectivity index is 1.28. The number of carboxylic acids is 9. The first kappa shape index (κ1) is 80.9. The number of fused-ring (bicyclic) bond motifs is 8. The van der Waals surface area contributed by atoms with Gasteiger partial charge < -0.3 is 91.5 Å². The summed E-state index contributed by atoms with van der Waals surface area (Å²) in [6, 6.07) is 14.7. The molecule has 0 saturated carbocycles. The number of aromatic nitrogens is 4. The number of hydrogen-bond acceptors (Lipinski definition) is 18. The van der Waals surface area contributed by atoms with Crippen molar-refractivity contribution in [2.45, 2.75) is 53.4 Å². The number of H-pyrrole nitrogens is 2. The summed E-state index contributed by atoms with van der Waals surface area (Å²) in [5.41, 5.74) is 4.00. The van der Waals surface area contributed by atoms with E-state index in [-0.39, 0.29) is 44.5 Å². The summed E-state index contributed by atoms with van der Waals surface area (Å²) in [4.78, 5) is 226. The van der Waals surface area contributed by atoms with E-state index in [2.05, 4.69) is 39.1 Å². The number of carboxylic acid groups (broad SMARTS) is 9. The zero-order valence-electron chi connectivity index (χ0n) is 58.8. The van der Waals surface area contributed by atoms with Gasteiger partial charge in [0.05, 0.1) is 22.8 Å². The molecule has 3 aromatic heterocycles. The van der Waals surface area contributed by atoms with Gasteiger partial charge >= 0.3 is 53.7 Å². The summed E-state index contributed by atoms with van der Waals surface area (Å²) in [7, 11) is 0. The van der Waals surface area contributed by atoms with Crippen molar-refractivity contribution in [3.63, 3.8) is 0 Å². The van der Waals surface area contributed by atoms with Crippen LogP contribution in [-0.2, 0) is 54.4 Å². The lowest BCUT2D eigenvalue weighted by Crippen LogP contribution is -2.40. The van der Waals surface area contributed by atoms with Crippen molar-refractivity contribution >= 4 is 163 Å². The maximum absolute atomic E-state index is 14.9. The van der Waals surface area contributed by atoms with Gasteiger partial charge in [0.15, 0.2) is 0 Å². The van der Waals surface area contributed by atoms with Crippen LogP contribution >= 0.6 is 0 Å². The van der Waals surface area contributed by atoms with Crippen LogP contribution in [0, 0.1) is 13.8 Å². The molecule has 5 heterocycles. The fraction of sp³-hybridized carbons (Fsp3) is 0.216. The number of aliphatic carboxylic acids is 9. The van der Waals surface area contributed by atoms with Crippen LogP contribution in [-0.4, -0.2) is 233 Å². The first-order valence-corrected chi connectivity index (χ1v) is 32.7. The van der Waals surface area contributed by atoms with Crippen molar-refractivity contribution in [2.75, 3.05) is 68.3 Å². The molecule has 0 saturated heterocycles. The lowest BCUT2D eigenvalue weighted by atomic mass is 10.00. The van der Waals surface area contributed by atoms with E-state index >= 15 is 0 Å². The summed E-state index contributed by atoms with van der Waals surface area (Å²) in [6.45, 7) is 5.36. The molecule has 0 aliphatic carbocycles. The molecule has 7 amide bonds. The van der Waals surface area contributed by atoms with Crippen molar-refractivity contribution < 1.29 is 123 Å². The minimum atomic E-state index is -1.72. The Bertz CT molecular complexity index is 4880. The summed E-state index contributed by atoms with van der Waals surface area (Å²) in [5.74, 6) is -24.0. The van der Waals surface area contributed by atoms with Crippen LogP contribution in [0.5, 0.6) is 0 Å². The molecule has 8 rings (SSSR count). The SMILES string of the molecule is C=CC1=C(C)c2cc3[nH]c(cc4nc(cc5[nH]c(cc1n2)c(C)c5C=C)C(C)=C4CCC(=O)Nc1cc(C(=O)Nc2cc(C(=O)N(CC(=O)O)CC(=O)O)cc(C(=O)N(CC(=O)O)CC(=O)O)c2)cc(C(=O)Nc2cc(C(=O)N(CC(=O)O)CC(=O)O)cc(C(=O)N(CC(=O)O)CC(=O)O)c2)c1)c(CCC(=O)O)c3C. The van der Waals surface area contributed by atoms with E-state index in [4.69, 9.17) is 9.97 Å². The normalized spacial score (nSPS) is 11.5. The molecule has 8 bridgehead atoms. The van der Waals surface area contributed by atoms with Crippen molar-refractivity contribution in [2.24, 2.45) is 0 Å². The van der Waals surface area contributed by atoms with E-state index in [1.807, 2.05) is 32.9 Å². The van der Waals surface area contributed by atoms with Crippen LogP contribution in [0.4, 0.5) is 17.1 Å². The molecule has 2 aliphatic rings. The van der Waals surface area contributed by atoms with E-state index in [0.717, 1.165) is 71.3 Å². The second-order valence-corrected chi connectivity index (χ2v) is 25.0. The van der Waals surface area contributed by atoms with Gasteiger partial charge in [-0.25, -0.2) is 9.97 Å². The summed E-state index contributed by atoms with van der Waals surface area (Å²) >= 11 is 0. The van der Waals surface area contributed by atoms with Crippen molar-refractivity contribution in [1.29, 1.82) is 0 Å². The lowest BCUT2D eigenvalue weighted by Gasteiger charge is -2.22. The Labute approximate surface area is 620 Å². The average Bonchev–Trinajstić information content (AvgIpc) is 1.65. The lowest BCUT2D eigenvalue weighted by molar-refractivity contribution is -0.142. The molecular weight excluding hydrogens is 1440 g/mol. The first-order chi connectivity index (χ1) is 51.8. The molecule has 0 fully saturated rings. The van der Waals surface area contributed by atoms with Gasteiger partial charge in [0.1, 0.15) is 52.4 Å². The highest BCUT2D eigenvalue weighted by Gasteiger charge is 2.31. The standard InChI is InChI=1S/C74H69N11O25/c1-7-47-34(3)51-22-52-37(6)50(10-12-60(87)88)58(80-52)25-57-49(36(5)54(81-57)24-56-48(8-2)35(4)53(79-56)23-55(47)78-51)9-11-59(86)75-44-16-38(69(105)76-45-18-40(71(107)82(26-61(89)90)27-62(91)92)14-41(19-45)72(108)83(28-63(93)94)29-64(95)96)13-39(17-44)70(106)77-46-20-42(73(109)84(30-65(97)98)31-66(99)100)15-43(21-46)74(110)85(32-67(101)102)33-68(103)104/h7-8,13-25,79-80H,1-2,9-12,26-33H2,3-6H3,(H,75,86)(H,76,105)(H,77,106)(H,87,88)(H,89,90)(H,91,92)(H,93,94)(H,95,96)(H,97,98)(H,99,100)(H,101,102)(H,103,104). The first-order valence-electron chi connectivity index (χ1n) is 32.7. The molecular formula is C74H69N11O25. The largest absolute Gasteiger partial charge is 0.481 e. The molecule has 36 heteroatoms. The Morgan fingerprint density at radius 2 is 0.700 bits per heavy atom. The Kier molecular flexibility index (Phi) is 25.3. The zero-order valence-corrected chi connectivity index (χ0v) is 58.8. The highest BCUT2D eigenvalue weighted by molar-refractivity contribution is 6.13. The molecule has 6 aromatic rings. The number of rotatable bonds is 33. The number of aromatic amines is 2. The third-order valence-corrected chi connectivity index (χ3v) is 17.1. The number of allylic oxidation sites excluding steroid dienone is 5. The monoisotopic (exact) mass is 1510 g/mol. The van der Waals surface area contributed by atoms with Gasteiger partial charge in [-0.1, -0.05) is 25.3 Å². The van der Waals surface area contributed by atoms with Gasteiger partial charge in [0.25, 0.3) is 35.4 Å². The summed E-state index contributed by atoms with van der Waals surface area (Å²) in [5, 5.41) is 94.2. The number of carbonyl (C=O) groups excluding carboxylic acids is 7. The van der Waals surface area contributed by atoms with E-state index in [9.17, 15) is 123 Å². The molecule has 36 nitrogen and oxygen atoms in total. The van der Waals surface area contributed by atoms with Gasteiger partial charge in [0.2, 0.25) is 5.91 Å². The number of hydrogen-bond donors (Lipinski definition) is 14. The van der Waals surface area contributed by atoms with E-state index in [1.54, 1.807) is 31.2 Å². The fourth-order valence-electron chi connectivity index (χ4n) is 12.1. The highest BCUT2D eigenvalue weighted by Crippen LogP contribution is 2.38. The fourth-order valence-corrected chi connectivity index (χ4v) is 12.1. The second kappa shape index (κ2) is 34.5. The minimum absolute atomic E-state index is 0.0649. The predicted molar refractivity (Wildman–Crippen MR) is 389 cm³/mol. The molecule has 0 spiro atoms. The van der Waals surface area contributed by atoms with Crippen LogP contribution < -0.4 is 16.0 Å². The quantitative estimate of drug-likeness (QED) is 0.0224. The van der Waals surface area contributed by atoms with Crippen LogP contribution in [0.1, 0.15) is 140 Å². The number of benzene rings is 3. The smallest absolute Gasteiger partial charge is 0.323 e. The van der Waals surface area contributed by atoms with Gasteiger partial charge in [0, 0.05) is 96.5 Å². The van der Waals surface area contributed by atoms with Crippen molar-refractivity contribution in [3.8, 4) is 0 Å². The average molecular weight is 1510 g/mol. The number of aryl methyl sites for hydroxylation is 3. The second-order valence-electron chi connectivity index (χ2n) is 25.0. The maximum atomic E-state index is 14.9. The van der Waals surface area contributed by atoms with E-state index in [0.29, 0.717) is 72.7 Å². The van der Waals surface area contributed by atoms with Gasteiger partial charge in [-0.05, 0) is 153 Å². The zero-order chi connectivity index (χ0) is 81.0. The van der Waals surface area contributed by atoms with Crippen molar-refractivity contribution in [1.82, 2.24) is 39.5 Å². The third-order valence-electron chi connectivity index (χ3n) is 17.1. The van der Waals surface area contributed by atoms with Gasteiger partial charge in [-0.15, -0.1) is 0 Å². The Morgan fingerprint density at radius 3 is 1.09 bits per heavy atom. The summed E-state index contributed by atoms with van der Waals surface area (Å²) in [6.07, 6.45) is 2.62. The van der Waals surface area contributed by atoms with E-state index < -0.39 is 199 Å². The number of carbonyl (C=O) groups is 16. The van der Waals surface area contributed by atoms with Crippen LogP contribution in [0.25, 0.3) is 50.4 Å². The van der Waals surface area contributed by atoms with Gasteiger partial charge in [-0.3, -0.25) is 76.7 Å². The number of anilines is 3. The Morgan fingerprint density at radius 1 is 0.364 bits per heavy atom. The Hall–Kier alpha value is -14.7. The molecule has 0 unspecified atom stereocenters. The molecule has 14 N–H and O–H groups in total. The predicted octanol–water partition coefficient (Wildman–Crippen LogP) is 6.01. The minimum Gasteiger partial charge on any atom is -0.481 e. The van der Waals surface area contributed by atoms with Gasteiger partial charge in [-0.2, -0.15) is 0 Å². The number of nitrogens with one attached hydrogen (secondary N) is 5. The molecule has 2 aliphatic heterocycles. The molecule has 0 atom stereocenters. The topological polar surface area (TPSA) is 562 Å². The van der Waals surface area contributed by atoms with Crippen LogP contribution in [0.3, 0.4) is 0 Å². The number of nitrogens with zero attached hydrogens (tertiary/aromatic N) is 6. The maximum Gasteiger partial charge on any atom is 0.323 e. The van der Waals surface area contributed by atoms with Crippen LogP contribution in [0.15, 0.2) is 98.1 Å². The number of amides is 7. The van der Waals surface area contributed by atoms with Crippen molar-refractivity contribution in [3.05, 3.63) is 177 Å². The highest BCUT2D eigenvalue weighted by atomic mass is 16.4. The summed E-state index contributed by atoms with van der Waals surface area (Å²) < 4.78 is 0. The molecule has 0 radical (unpaired) electrons.